The van der Waals surface area contributed by atoms with Crippen molar-refractivity contribution in [2.75, 3.05) is 6.61 Å². The molecule has 0 spiro atoms. The van der Waals surface area contributed by atoms with Gasteiger partial charge in [-0.05, 0) is 12.8 Å². The standard InChI is InChI=1S/C16H32O4/c1-2-3-4-5-6-7-8-9-10-11-12-15(13-14-17)20-16(18)19/h15,17H,2-14H2,1H3,(H,18,19). The van der Waals surface area contributed by atoms with Gasteiger partial charge in [0.05, 0.1) is 0 Å². The van der Waals surface area contributed by atoms with Gasteiger partial charge in [-0.1, -0.05) is 64.7 Å². The minimum Gasteiger partial charge on any atom is -0.450 e. The van der Waals surface area contributed by atoms with Crippen molar-refractivity contribution in [1.82, 2.24) is 0 Å². The maximum Gasteiger partial charge on any atom is 0.506 e. The van der Waals surface area contributed by atoms with Gasteiger partial charge in [0, 0.05) is 13.0 Å². The molecule has 0 aromatic heterocycles. The third kappa shape index (κ3) is 13.7. The molecule has 0 fully saturated rings. The maximum atomic E-state index is 10.5. The molecule has 0 saturated carbocycles. The summed E-state index contributed by atoms with van der Waals surface area (Å²) in [6.07, 6.45) is 12.2. The Bertz CT molecular complexity index is 219. The lowest BCUT2D eigenvalue weighted by atomic mass is 10.0. The summed E-state index contributed by atoms with van der Waals surface area (Å²) in [6, 6.07) is 0. The molecule has 0 amide bonds. The van der Waals surface area contributed by atoms with Crippen LogP contribution in [0.15, 0.2) is 0 Å². The van der Waals surface area contributed by atoms with Crippen molar-refractivity contribution in [3.63, 3.8) is 0 Å². The van der Waals surface area contributed by atoms with Gasteiger partial charge in [-0.15, -0.1) is 0 Å². The molecule has 0 bridgehead atoms. The number of carbonyl (C=O) groups is 1. The summed E-state index contributed by atoms with van der Waals surface area (Å²) < 4.78 is 4.73. The molecule has 120 valence electrons. The summed E-state index contributed by atoms with van der Waals surface area (Å²) in [7, 11) is 0. The van der Waals surface area contributed by atoms with E-state index in [0.29, 0.717) is 6.42 Å². The second kappa shape index (κ2) is 14.6. The van der Waals surface area contributed by atoms with Gasteiger partial charge in [0.15, 0.2) is 0 Å². The van der Waals surface area contributed by atoms with Gasteiger partial charge >= 0.3 is 6.16 Å². The van der Waals surface area contributed by atoms with Crippen LogP contribution in [0.3, 0.4) is 0 Å². The first kappa shape index (κ1) is 19.2. The zero-order valence-corrected chi connectivity index (χ0v) is 13.0. The summed E-state index contributed by atoms with van der Waals surface area (Å²) in [5.74, 6) is 0. The maximum absolute atomic E-state index is 10.5. The van der Waals surface area contributed by atoms with Crippen molar-refractivity contribution in [3.05, 3.63) is 0 Å². The summed E-state index contributed by atoms with van der Waals surface area (Å²) in [5, 5.41) is 17.4. The van der Waals surface area contributed by atoms with Crippen molar-refractivity contribution in [2.24, 2.45) is 0 Å². The van der Waals surface area contributed by atoms with Crippen LogP contribution in [0.2, 0.25) is 0 Å². The van der Waals surface area contributed by atoms with Crippen molar-refractivity contribution < 1.29 is 19.7 Å². The highest BCUT2D eigenvalue weighted by molar-refractivity contribution is 5.57. The Balaban J connectivity index is 3.34. The summed E-state index contributed by atoms with van der Waals surface area (Å²) in [6.45, 7) is 2.22. The molecule has 0 heterocycles. The van der Waals surface area contributed by atoms with Crippen LogP contribution in [0.1, 0.15) is 84.0 Å². The highest BCUT2D eigenvalue weighted by Crippen LogP contribution is 2.14. The molecule has 1 unspecified atom stereocenters. The molecule has 0 aromatic carbocycles. The number of aliphatic hydroxyl groups excluding tert-OH is 1. The molecule has 2 N–H and O–H groups in total. The molecular formula is C16H32O4. The number of unbranched alkanes of at least 4 members (excludes halogenated alkanes) is 9. The highest BCUT2D eigenvalue weighted by atomic mass is 16.7. The molecule has 1 atom stereocenters. The van der Waals surface area contributed by atoms with E-state index in [-0.39, 0.29) is 12.7 Å². The largest absolute Gasteiger partial charge is 0.506 e. The van der Waals surface area contributed by atoms with Crippen LogP contribution in [0.5, 0.6) is 0 Å². The molecule has 4 heteroatoms. The molecule has 0 aromatic rings. The molecule has 0 saturated heterocycles. The fourth-order valence-corrected chi connectivity index (χ4v) is 2.41. The lowest BCUT2D eigenvalue weighted by molar-refractivity contribution is 0.0360. The van der Waals surface area contributed by atoms with E-state index < -0.39 is 6.16 Å². The third-order valence-electron chi connectivity index (χ3n) is 3.60. The first-order chi connectivity index (χ1) is 9.70. The molecule has 0 aliphatic carbocycles. The van der Waals surface area contributed by atoms with Crippen LogP contribution in [0.25, 0.3) is 0 Å². The van der Waals surface area contributed by atoms with Gasteiger partial charge in [-0.3, -0.25) is 0 Å². The van der Waals surface area contributed by atoms with Crippen molar-refractivity contribution in [3.8, 4) is 0 Å². The quantitative estimate of drug-likeness (QED) is 0.358. The Kier molecular flexibility index (Phi) is 14.1. The first-order valence-electron chi connectivity index (χ1n) is 8.21. The third-order valence-corrected chi connectivity index (χ3v) is 3.60. The molecule has 0 radical (unpaired) electrons. The first-order valence-corrected chi connectivity index (χ1v) is 8.21. The van der Waals surface area contributed by atoms with Gasteiger partial charge in [0.25, 0.3) is 0 Å². The van der Waals surface area contributed by atoms with Gasteiger partial charge in [-0.25, -0.2) is 4.79 Å². The molecule has 4 nitrogen and oxygen atoms in total. The second-order valence-corrected chi connectivity index (χ2v) is 5.49. The van der Waals surface area contributed by atoms with Crippen LogP contribution in [0, 0.1) is 0 Å². The second-order valence-electron chi connectivity index (χ2n) is 5.49. The van der Waals surface area contributed by atoms with Gasteiger partial charge < -0.3 is 14.9 Å². The topological polar surface area (TPSA) is 66.8 Å². The zero-order valence-electron chi connectivity index (χ0n) is 13.0. The number of hydrogen-bond acceptors (Lipinski definition) is 3. The highest BCUT2D eigenvalue weighted by Gasteiger charge is 2.12. The molecule has 0 rings (SSSR count). The lowest BCUT2D eigenvalue weighted by Gasteiger charge is -2.14. The van der Waals surface area contributed by atoms with E-state index in [1.54, 1.807) is 0 Å². The number of aliphatic hydroxyl groups is 1. The number of ether oxygens (including phenoxy) is 1. The Morgan fingerprint density at radius 2 is 1.40 bits per heavy atom. The van der Waals surface area contributed by atoms with E-state index in [2.05, 4.69) is 6.92 Å². The van der Waals surface area contributed by atoms with E-state index in [9.17, 15) is 4.79 Å². The average molecular weight is 288 g/mol. The van der Waals surface area contributed by atoms with E-state index in [0.717, 1.165) is 19.3 Å². The zero-order chi connectivity index (χ0) is 15.1. The van der Waals surface area contributed by atoms with E-state index in [4.69, 9.17) is 14.9 Å². The van der Waals surface area contributed by atoms with Crippen LogP contribution >= 0.6 is 0 Å². The summed E-state index contributed by atoms with van der Waals surface area (Å²) in [5.41, 5.74) is 0. The number of carboxylic acid groups (broad SMARTS) is 1. The molecule has 20 heavy (non-hydrogen) atoms. The van der Waals surface area contributed by atoms with Crippen LogP contribution in [-0.4, -0.2) is 29.1 Å². The Morgan fingerprint density at radius 1 is 0.900 bits per heavy atom. The Labute approximate surface area is 123 Å². The lowest BCUT2D eigenvalue weighted by Crippen LogP contribution is -2.18. The van der Waals surface area contributed by atoms with Crippen LogP contribution < -0.4 is 0 Å². The van der Waals surface area contributed by atoms with Gasteiger partial charge in [0.2, 0.25) is 0 Å². The van der Waals surface area contributed by atoms with E-state index >= 15 is 0 Å². The minimum absolute atomic E-state index is 0.0181. The fraction of sp³-hybridized carbons (Fsp3) is 0.938. The Morgan fingerprint density at radius 3 is 1.85 bits per heavy atom. The normalized spacial score (nSPS) is 12.3. The van der Waals surface area contributed by atoms with E-state index in [1.165, 1.54) is 51.4 Å². The van der Waals surface area contributed by atoms with Crippen molar-refractivity contribution in [2.45, 2.75) is 90.1 Å². The molecule has 0 aliphatic heterocycles. The minimum atomic E-state index is -1.24. The molecule has 0 aliphatic rings. The monoisotopic (exact) mass is 288 g/mol. The summed E-state index contributed by atoms with van der Waals surface area (Å²) >= 11 is 0. The predicted octanol–water partition coefficient (Wildman–Crippen LogP) is 4.74. The SMILES string of the molecule is CCCCCCCCCCCCC(CCO)OC(=O)O. The van der Waals surface area contributed by atoms with Crippen molar-refractivity contribution >= 4 is 6.16 Å². The van der Waals surface area contributed by atoms with E-state index in [1.807, 2.05) is 0 Å². The fourth-order valence-electron chi connectivity index (χ4n) is 2.41. The van der Waals surface area contributed by atoms with Crippen LogP contribution in [0.4, 0.5) is 4.79 Å². The number of rotatable bonds is 14. The predicted molar refractivity (Wildman–Crippen MR) is 81.1 cm³/mol. The Hall–Kier alpha value is -0.770. The average Bonchev–Trinajstić information content (AvgIpc) is 2.40. The molecular weight excluding hydrogens is 256 g/mol. The number of hydrogen-bond donors (Lipinski definition) is 2. The smallest absolute Gasteiger partial charge is 0.450 e. The van der Waals surface area contributed by atoms with Crippen molar-refractivity contribution in [1.29, 1.82) is 0 Å². The van der Waals surface area contributed by atoms with Crippen LogP contribution in [-0.2, 0) is 4.74 Å². The summed E-state index contributed by atoms with van der Waals surface area (Å²) in [4.78, 5) is 10.5. The van der Waals surface area contributed by atoms with Gasteiger partial charge in [0.1, 0.15) is 6.10 Å². The van der Waals surface area contributed by atoms with Gasteiger partial charge in [-0.2, -0.15) is 0 Å².